The Balaban J connectivity index is 2.29. The zero-order valence-corrected chi connectivity index (χ0v) is 11.6. The van der Waals surface area contributed by atoms with E-state index in [4.69, 9.17) is 9.47 Å². The maximum Gasteiger partial charge on any atom is 0.126 e. The van der Waals surface area contributed by atoms with Gasteiger partial charge in [0.05, 0.1) is 13.2 Å². The van der Waals surface area contributed by atoms with Crippen LogP contribution in [0.2, 0.25) is 0 Å². The van der Waals surface area contributed by atoms with Crippen LogP contribution in [0.25, 0.3) is 0 Å². The van der Waals surface area contributed by atoms with Crippen molar-refractivity contribution in [3.05, 3.63) is 23.8 Å². The van der Waals surface area contributed by atoms with Gasteiger partial charge in [-0.2, -0.15) is 0 Å². The molecule has 1 aliphatic heterocycles. The first kappa shape index (κ1) is 13.2. The van der Waals surface area contributed by atoms with Gasteiger partial charge in [0.2, 0.25) is 0 Å². The highest BCUT2D eigenvalue weighted by Gasteiger charge is 2.37. The van der Waals surface area contributed by atoms with Crippen molar-refractivity contribution < 1.29 is 14.6 Å². The lowest BCUT2D eigenvalue weighted by Gasteiger charge is -2.39. The van der Waals surface area contributed by atoms with Gasteiger partial charge in [0, 0.05) is 12.0 Å². The summed E-state index contributed by atoms with van der Waals surface area (Å²) in [4.78, 5) is 0. The van der Waals surface area contributed by atoms with Crippen LogP contribution < -0.4 is 9.47 Å². The van der Waals surface area contributed by atoms with Gasteiger partial charge in [-0.15, -0.1) is 0 Å². The van der Waals surface area contributed by atoms with E-state index < -0.39 is 6.10 Å². The smallest absolute Gasteiger partial charge is 0.126 e. The molecule has 0 saturated carbocycles. The fraction of sp³-hybridized carbons (Fsp3) is 0.600. The maximum absolute atomic E-state index is 10.3. The van der Waals surface area contributed by atoms with Crippen LogP contribution in [-0.2, 0) is 0 Å². The topological polar surface area (TPSA) is 38.7 Å². The summed E-state index contributed by atoms with van der Waals surface area (Å²) in [6.45, 7) is 6.42. The molecule has 0 radical (unpaired) electrons. The molecule has 1 aliphatic rings. The lowest BCUT2D eigenvalue weighted by molar-refractivity contribution is -0.0145. The predicted octanol–water partition coefficient (Wildman–Crippen LogP) is 3.32. The molecule has 0 aromatic heterocycles. The zero-order valence-electron chi connectivity index (χ0n) is 11.6. The van der Waals surface area contributed by atoms with Crippen molar-refractivity contribution in [3.8, 4) is 11.5 Å². The second kappa shape index (κ2) is 4.81. The largest absolute Gasteiger partial charge is 0.497 e. The van der Waals surface area contributed by atoms with Crippen LogP contribution >= 0.6 is 0 Å². The summed E-state index contributed by atoms with van der Waals surface area (Å²) in [5.41, 5.74) is 0.547. The van der Waals surface area contributed by atoms with Crippen LogP contribution in [0.4, 0.5) is 0 Å². The van der Waals surface area contributed by atoms with E-state index in [1.54, 1.807) is 7.11 Å². The molecule has 0 amide bonds. The van der Waals surface area contributed by atoms with Crippen LogP contribution in [0, 0.1) is 5.92 Å². The third-order valence-electron chi connectivity index (χ3n) is 3.40. The Morgan fingerprint density at radius 3 is 2.83 bits per heavy atom. The summed E-state index contributed by atoms with van der Waals surface area (Å²) in [5, 5.41) is 10.3. The first-order chi connectivity index (χ1) is 8.43. The van der Waals surface area contributed by atoms with Gasteiger partial charge in [-0.05, 0) is 37.5 Å². The molecule has 100 valence electrons. The van der Waals surface area contributed by atoms with Crippen molar-refractivity contribution in [2.75, 3.05) is 7.11 Å². The van der Waals surface area contributed by atoms with Gasteiger partial charge in [-0.1, -0.05) is 13.8 Å². The second-order valence-corrected chi connectivity index (χ2v) is 5.77. The third-order valence-corrected chi connectivity index (χ3v) is 3.40. The van der Waals surface area contributed by atoms with E-state index in [1.165, 1.54) is 0 Å². The highest BCUT2D eigenvalue weighted by Crippen LogP contribution is 2.43. The number of rotatable bonds is 3. The van der Waals surface area contributed by atoms with E-state index in [-0.39, 0.29) is 5.60 Å². The average Bonchev–Trinajstić information content (AvgIpc) is 2.26. The van der Waals surface area contributed by atoms with E-state index in [2.05, 4.69) is 20.8 Å². The number of methoxy groups -OCH3 is 1. The van der Waals surface area contributed by atoms with Crippen molar-refractivity contribution >= 4 is 0 Å². The van der Waals surface area contributed by atoms with Gasteiger partial charge in [0.15, 0.2) is 0 Å². The molecule has 3 heteroatoms. The number of hydrogen-bond donors (Lipinski definition) is 1. The van der Waals surface area contributed by atoms with Gasteiger partial charge in [-0.25, -0.2) is 0 Å². The van der Waals surface area contributed by atoms with Crippen molar-refractivity contribution in [3.63, 3.8) is 0 Å². The highest BCUT2D eigenvalue weighted by atomic mass is 16.5. The predicted molar refractivity (Wildman–Crippen MR) is 71.1 cm³/mol. The van der Waals surface area contributed by atoms with Crippen LogP contribution in [0.15, 0.2) is 18.2 Å². The van der Waals surface area contributed by atoms with Crippen LogP contribution in [-0.4, -0.2) is 17.8 Å². The molecule has 1 aromatic rings. The number of aliphatic hydroxyl groups is 1. The first-order valence-electron chi connectivity index (χ1n) is 6.48. The first-order valence-corrected chi connectivity index (χ1v) is 6.48. The van der Waals surface area contributed by atoms with Crippen LogP contribution in [0.1, 0.15) is 45.3 Å². The molecule has 18 heavy (non-hydrogen) atoms. The van der Waals surface area contributed by atoms with Crippen LogP contribution in [0.5, 0.6) is 11.5 Å². The summed E-state index contributed by atoms with van der Waals surface area (Å²) >= 11 is 0. The minimum absolute atomic E-state index is 0.283. The fourth-order valence-corrected chi connectivity index (χ4v) is 2.82. The Labute approximate surface area is 109 Å². The maximum atomic E-state index is 10.3. The molecule has 0 saturated heterocycles. The van der Waals surface area contributed by atoms with Gasteiger partial charge in [0.1, 0.15) is 17.1 Å². The molecule has 0 spiro atoms. The van der Waals surface area contributed by atoms with Gasteiger partial charge >= 0.3 is 0 Å². The van der Waals surface area contributed by atoms with Gasteiger partial charge < -0.3 is 14.6 Å². The fourth-order valence-electron chi connectivity index (χ4n) is 2.82. The number of hydrogen-bond acceptors (Lipinski definition) is 3. The van der Waals surface area contributed by atoms with Gasteiger partial charge in [-0.3, -0.25) is 0 Å². The minimum Gasteiger partial charge on any atom is -0.497 e. The Kier molecular flexibility index (Phi) is 3.53. The van der Waals surface area contributed by atoms with E-state index in [0.29, 0.717) is 12.3 Å². The van der Waals surface area contributed by atoms with E-state index in [9.17, 15) is 5.11 Å². The van der Waals surface area contributed by atoms with Crippen molar-refractivity contribution in [2.24, 2.45) is 5.92 Å². The molecular weight excluding hydrogens is 228 g/mol. The van der Waals surface area contributed by atoms with Crippen LogP contribution in [0.3, 0.4) is 0 Å². The summed E-state index contributed by atoms with van der Waals surface area (Å²) in [6, 6.07) is 5.61. The SMILES string of the molecule is COc1ccc2c(c1)[C@H](O)CC(C)(CC(C)C)O2. The number of ether oxygens (including phenoxy) is 2. The molecule has 0 bridgehead atoms. The van der Waals surface area contributed by atoms with Crippen molar-refractivity contribution in [1.29, 1.82) is 0 Å². The molecule has 2 rings (SSSR count). The Morgan fingerprint density at radius 2 is 2.22 bits per heavy atom. The molecule has 1 aromatic carbocycles. The van der Waals surface area contributed by atoms with E-state index in [0.717, 1.165) is 23.5 Å². The van der Waals surface area contributed by atoms with E-state index >= 15 is 0 Å². The van der Waals surface area contributed by atoms with E-state index in [1.807, 2.05) is 18.2 Å². The standard InChI is InChI=1S/C15H22O3/c1-10(2)8-15(3)9-13(16)12-7-11(17-4)5-6-14(12)18-15/h5-7,10,13,16H,8-9H2,1-4H3/t13-,15?/m1/s1. The Hall–Kier alpha value is -1.22. The van der Waals surface area contributed by atoms with Crippen molar-refractivity contribution in [1.82, 2.24) is 0 Å². The quantitative estimate of drug-likeness (QED) is 0.894. The Bertz CT molecular complexity index is 428. The molecule has 0 aliphatic carbocycles. The summed E-state index contributed by atoms with van der Waals surface area (Å²) in [6.07, 6.45) is 1.09. The molecule has 1 heterocycles. The number of benzene rings is 1. The monoisotopic (exact) mass is 250 g/mol. The lowest BCUT2D eigenvalue weighted by atomic mass is 9.84. The van der Waals surface area contributed by atoms with Gasteiger partial charge in [0.25, 0.3) is 0 Å². The molecule has 3 nitrogen and oxygen atoms in total. The number of fused-ring (bicyclic) bond motifs is 1. The molecule has 0 fully saturated rings. The normalized spacial score (nSPS) is 26.7. The second-order valence-electron chi connectivity index (χ2n) is 5.77. The number of aliphatic hydroxyl groups excluding tert-OH is 1. The summed E-state index contributed by atoms with van der Waals surface area (Å²) in [7, 11) is 1.63. The summed E-state index contributed by atoms with van der Waals surface area (Å²) in [5.74, 6) is 2.07. The van der Waals surface area contributed by atoms with Crippen molar-refractivity contribution in [2.45, 2.75) is 45.3 Å². The highest BCUT2D eigenvalue weighted by molar-refractivity contribution is 5.43. The Morgan fingerprint density at radius 1 is 1.50 bits per heavy atom. The zero-order chi connectivity index (χ0) is 13.3. The lowest BCUT2D eigenvalue weighted by Crippen LogP contribution is -2.39. The average molecular weight is 250 g/mol. The third kappa shape index (κ3) is 2.61. The molecular formula is C15H22O3. The molecule has 2 atom stereocenters. The minimum atomic E-state index is -0.479. The molecule has 1 unspecified atom stereocenters. The molecule has 1 N–H and O–H groups in total. The summed E-state index contributed by atoms with van der Waals surface area (Å²) < 4.78 is 11.3.